The maximum atomic E-state index is 11.8. The van der Waals surface area contributed by atoms with Crippen LogP contribution >= 0.6 is 0 Å². The highest BCUT2D eigenvalue weighted by molar-refractivity contribution is 5.78. The lowest BCUT2D eigenvalue weighted by Crippen LogP contribution is -2.26. The summed E-state index contributed by atoms with van der Waals surface area (Å²) >= 11 is 0. The van der Waals surface area contributed by atoms with E-state index in [1.54, 1.807) is 12.4 Å². The lowest BCUT2D eigenvalue weighted by atomic mass is 10.2. The number of nitrogens with one attached hydrogen (secondary N) is 1. The largest absolute Gasteiger partial charge is 0.441 e. The average Bonchev–Trinajstić information content (AvgIpc) is 2.95. The van der Waals surface area contributed by atoms with E-state index in [0.29, 0.717) is 25.3 Å². The van der Waals surface area contributed by atoms with Gasteiger partial charge in [0, 0.05) is 25.4 Å². The first-order valence-electron chi connectivity index (χ1n) is 7.31. The molecule has 2 heterocycles. The van der Waals surface area contributed by atoms with Gasteiger partial charge in [-0.3, -0.25) is 9.78 Å². The SMILES string of the molecule is O=C(Cc1cccnc1)NCCCc1nc2ccccc2o1. The van der Waals surface area contributed by atoms with Gasteiger partial charge in [-0.1, -0.05) is 18.2 Å². The van der Waals surface area contributed by atoms with Gasteiger partial charge in [-0.2, -0.15) is 0 Å². The van der Waals surface area contributed by atoms with E-state index in [2.05, 4.69) is 15.3 Å². The van der Waals surface area contributed by atoms with Gasteiger partial charge in [0.05, 0.1) is 6.42 Å². The Balaban J connectivity index is 1.42. The molecule has 22 heavy (non-hydrogen) atoms. The summed E-state index contributed by atoms with van der Waals surface area (Å²) in [7, 11) is 0. The Labute approximate surface area is 128 Å². The van der Waals surface area contributed by atoms with Crippen LogP contribution in [0, 0.1) is 0 Å². The number of aromatic nitrogens is 2. The number of oxazole rings is 1. The predicted octanol–water partition coefficient (Wildman–Crippen LogP) is 2.51. The number of hydrogen-bond acceptors (Lipinski definition) is 4. The van der Waals surface area contributed by atoms with Crippen LogP contribution in [-0.2, 0) is 17.6 Å². The van der Waals surface area contributed by atoms with Crippen LogP contribution in [0.5, 0.6) is 0 Å². The normalized spacial score (nSPS) is 10.7. The molecular weight excluding hydrogens is 278 g/mol. The lowest BCUT2D eigenvalue weighted by molar-refractivity contribution is -0.120. The second-order valence-corrected chi connectivity index (χ2v) is 5.07. The van der Waals surface area contributed by atoms with E-state index in [1.165, 1.54) is 0 Å². The number of hydrogen-bond donors (Lipinski definition) is 1. The fourth-order valence-corrected chi connectivity index (χ4v) is 2.24. The van der Waals surface area contributed by atoms with Gasteiger partial charge in [0.2, 0.25) is 5.91 Å². The second-order valence-electron chi connectivity index (χ2n) is 5.07. The zero-order chi connectivity index (χ0) is 15.2. The smallest absolute Gasteiger partial charge is 0.224 e. The third kappa shape index (κ3) is 3.69. The van der Waals surface area contributed by atoms with Crippen LogP contribution in [-0.4, -0.2) is 22.4 Å². The minimum Gasteiger partial charge on any atom is -0.441 e. The molecule has 0 aliphatic rings. The lowest BCUT2D eigenvalue weighted by Gasteiger charge is -2.04. The Morgan fingerprint density at radius 2 is 2.09 bits per heavy atom. The first-order valence-corrected chi connectivity index (χ1v) is 7.31. The molecule has 0 unspecified atom stereocenters. The van der Waals surface area contributed by atoms with Gasteiger partial charge in [0.25, 0.3) is 0 Å². The number of fused-ring (bicyclic) bond motifs is 1. The third-order valence-corrected chi connectivity index (χ3v) is 3.32. The van der Waals surface area contributed by atoms with Crippen molar-refractivity contribution in [2.75, 3.05) is 6.54 Å². The summed E-state index contributed by atoms with van der Waals surface area (Å²) in [6.07, 6.45) is 5.27. The summed E-state index contributed by atoms with van der Waals surface area (Å²) in [5.74, 6) is 0.716. The molecule has 5 heteroatoms. The van der Waals surface area contributed by atoms with Crippen LogP contribution in [0.15, 0.2) is 53.2 Å². The number of pyridine rings is 1. The van der Waals surface area contributed by atoms with Crippen molar-refractivity contribution in [1.82, 2.24) is 15.3 Å². The molecule has 0 saturated carbocycles. The van der Waals surface area contributed by atoms with Crippen molar-refractivity contribution in [3.63, 3.8) is 0 Å². The maximum absolute atomic E-state index is 11.8. The molecule has 0 radical (unpaired) electrons. The minimum absolute atomic E-state index is 0.00515. The number of rotatable bonds is 6. The molecule has 112 valence electrons. The van der Waals surface area contributed by atoms with Crippen molar-refractivity contribution < 1.29 is 9.21 Å². The van der Waals surface area contributed by atoms with Gasteiger partial charge in [-0.15, -0.1) is 0 Å². The fraction of sp³-hybridized carbons (Fsp3) is 0.235. The number of nitrogens with zero attached hydrogens (tertiary/aromatic N) is 2. The van der Waals surface area contributed by atoms with Crippen molar-refractivity contribution in [2.24, 2.45) is 0 Å². The topological polar surface area (TPSA) is 68.0 Å². The molecule has 1 aromatic carbocycles. The molecule has 0 atom stereocenters. The minimum atomic E-state index is 0.00515. The highest BCUT2D eigenvalue weighted by atomic mass is 16.3. The van der Waals surface area contributed by atoms with E-state index < -0.39 is 0 Å². The van der Waals surface area contributed by atoms with Crippen molar-refractivity contribution in [3.05, 3.63) is 60.2 Å². The quantitative estimate of drug-likeness (QED) is 0.709. The van der Waals surface area contributed by atoms with Gasteiger partial charge in [0.15, 0.2) is 11.5 Å². The summed E-state index contributed by atoms with van der Waals surface area (Å²) in [5, 5.41) is 2.90. The Hall–Kier alpha value is -2.69. The average molecular weight is 295 g/mol. The van der Waals surface area contributed by atoms with Gasteiger partial charge in [0.1, 0.15) is 5.52 Å². The van der Waals surface area contributed by atoms with Crippen LogP contribution in [0.4, 0.5) is 0 Å². The number of amides is 1. The van der Waals surface area contributed by atoms with Crippen molar-refractivity contribution in [2.45, 2.75) is 19.3 Å². The van der Waals surface area contributed by atoms with Gasteiger partial charge >= 0.3 is 0 Å². The molecular formula is C17H17N3O2. The molecule has 1 amide bonds. The molecule has 0 fully saturated rings. The zero-order valence-corrected chi connectivity index (χ0v) is 12.2. The predicted molar refractivity (Wildman–Crippen MR) is 83.3 cm³/mol. The van der Waals surface area contributed by atoms with E-state index in [9.17, 15) is 4.79 Å². The van der Waals surface area contributed by atoms with Gasteiger partial charge in [-0.25, -0.2) is 4.98 Å². The number of para-hydroxylation sites is 2. The van der Waals surface area contributed by atoms with E-state index in [4.69, 9.17) is 4.42 Å². The number of carbonyl (C=O) groups excluding carboxylic acids is 1. The molecule has 0 aliphatic carbocycles. The summed E-state index contributed by atoms with van der Waals surface area (Å²) in [6, 6.07) is 11.4. The first-order chi connectivity index (χ1) is 10.8. The Morgan fingerprint density at radius 3 is 2.91 bits per heavy atom. The molecule has 0 spiro atoms. The highest BCUT2D eigenvalue weighted by Crippen LogP contribution is 2.15. The van der Waals surface area contributed by atoms with Crippen LogP contribution in [0.3, 0.4) is 0 Å². The van der Waals surface area contributed by atoms with Crippen molar-refractivity contribution >= 4 is 17.0 Å². The summed E-state index contributed by atoms with van der Waals surface area (Å²) in [5.41, 5.74) is 2.59. The second kappa shape index (κ2) is 6.85. The van der Waals surface area contributed by atoms with Crippen LogP contribution < -0.4 is 5.32 Å². The Kier molecular flexibility index (Phi) is 4.44. The van der Waals surface area contributed by atoms with Crippen LogP contribution in [0.1, 0.15) is 17.9 Å². The Bertz CT molecular complexity index is 720. The van der Waals surface area contributed by atoms with E-state index in [0.717, 1.165) is 23.1 Å². The molecule has 1 N–H and O–H groups in total. The molecule has 5 nitrogen and oxygen atoms in total. The van der Waals surface area contributed by atoms with E-state index in [-0.39, 0.29) is 5.91 Å². The van der Waals surface area contributed by atoms with Crippen molar-refractivity contribution in [3.8, 4) is 0 Å². The van der Waals surface area contributed by atoms with Gasteiger partial charge in [-0.05, 0) is 30.2 Å². The highest BCUT2D eigenvalue weighted by Gasteiger charge is 2.06. The number of carbonyl (C=O) groups is 1. The summed E-state index contributed by atoms with van der Waals surface area (Å²) < 4.78 is 5.64. The molecule has 3 aromatic rings. The molecule has 2 aromatic heterocycles. The number of benzene rings is 1. The van der Waals surface area contributed by atoms with Crippen LogP contribution in [0.2, 0.25) is 0 Å². The maximum Gasteiger partial charge on any atom is 0.224 e. The first kappa shape index (κ1) is 14.3. The molecule has 0 aliphatic heterocycles. The number of aryl methyl sites for hydroxylation is 1. The van der Waals surface area contributed by atoms with Crippen LogP contribution in [0.25, 0.3) is 11.1 Å². The monoisotopic (exact) mass is 295 g/mol. The van der Waals surface area contributed by atoms with Crippen molar-refractivity contribution in [1.29, 1.82) is 0 Å². The third-order valence-electron chi connectivity index (χ3n) is 3.32. The zero-order valence-electron chi connectivity index (χ0n) is 12.2. The summed E-state index contributed by atoms with van der Waals surface area (Å²) in [6.45, 7) is 0.609. The molecule has 0 bridgehead atoms. The Morgan fingerprint density at radius 1 is 1.18 bits per heavy atom. The fourth-order valence-electron chi connectivity index (χ4n) is 2.24. The molecule has 3 rings (SSSR count). The molecule has 0 saturated heterocycles. The van der Waals surface area contributed by atoms with E-state index >= 15 is 0 Å². The summed E-state index contributed by atoms with van der Waals surface area (Å²) in [4.78, 5) is 20.2. The standard InChI is InChI=1S/C17H17N3O2/c21-16(11-13-5-3-9-18-12-13)19-10-4-8-17-20-14-6-1-2-7-15(14)22-17/h1-3,5-7,9,12H,4,8,10-11H2,(H,19,21). The van der Waals surface area contributed by atoms with Gasteiger partial charge < -0.3 is 9.73 Å². The van der Waals surface area contributed by atoms with E-state index in [1.807, 2.05) is 36.4 Å².